The molecular weight excluding hydrogens is 222 g/mol. The van der Waals surface area contributed by atoms with E-state index in [1.807, 2.05) is 31.3 Å². The van der Waals surface area contributed by atoms with E-state index in [1.165, 1.54) is 38.5 Å². The van der Waals surface area contributed by atoms with Crippen LogP contribution in [0, 0.1) is 12.3 Å². The van der Waals surface area contributed by atoms with Crippen LogP contribution >= 0.6 is 0 Å². The van der Waals surface area contributed by atoms with Crippen LogP contribution in [0.15, 0.2) is 23.2 Å². The molecule has 96 valence electrons. The Labute approximate surface area is 109 Å². The lowest BCUT2D eigenvalue weighted by atomic mass is 9.65. The minimum atomic E-state index is 0.377. The van der Waals surface area contributed by atoms with Gasteiger partial charge in [-0.2, -0.15) is 0 Å². The number of aryl methyl sites for hydroxylation is 1. The number of hydrogen-bond acceptors (Lipinski definition) is 2. The highest BCUT2D eigenvalue weighted by atomic mass is 16.3. The summed E-state index contributed by atoms with van der Waals surface area (Å²) in [5, 5.41) is 9.98. The highest BCUT2D eigenvalue weighted by Crippen LogP contribution is 2.54. The molecule has 0 bridgehead atoms. The molecule has 0 heterocycles. The summed E-state index contributed by atoms with van der Waals surface area (Å²) >= 11 is 0. The summed E-state index contributed by atoms with van der Waals surface area (Å²) in [6.07, 6.45) is 9.88. The zero-order valence-electron chi connectivity index (χ0n) is 11.0. The lowest BCUT2D eigenvalue weighted by Crippen LogP contribution is -2.35. The summed E-state index contributed by atoms with van der Waals surface area (Å²) in [6, 6.07) is 6.33. The van der Waals surface area contributed by atoms with Crippen molar-refractivity contribution in [2.75, 3.05) is 0 Å². The first-order valence-corrected chi connectivity index (χ1v) is 7.03. The van der Waals surface area contributed by atoms with Crippen LogP contribution in [-0.4, -0.2) is 17.4 Å². The van der Waals surface area contributed by atoms with E-state index < -0.39 is 0 Å². The fraction of sp³-hybridized carbons (Fsp3) is 0.562. The maximum absolute atomic E-state index is 9.98. The summed E-state index contributed by atoms with van der Waals surface area (Å²) in [5.74, 6) is 0.377. The monoisotopic (exact) mass is 243 g/mol. The number of nitrogens with zero attached hydrogens (tertiary/aromatic N) is 1. The molecular formula is C16H21NO. The fourth-order valence-corrected chi connectivity index (χ4v) is 3.52. The Kier molecular flexibility index (Phi) is 2.89. The Balaban J connectivity index is 1.79. The first-order valence-electron chi connectivity index (χ1n) is 7.03. The number of phenols is 1. The Hall–Kier alpha value is -1.31. The highest BCUT2D eigenvalue weighted by Gasteiger charge is 2.46. The minimum absolute atomic E-state index is 0.377. The van der Waals surface area contributed by atoms with Crippen molar-refractivity contribution in [2.45, 2.75) is 51.5 Å². The van der Waals surface area contributed by atoms with E-state index >= 15 is 0 Å². The Bertz CT molecular complexity index is 474. The van der Waals surface area contributed by atoms with Crippen LogP contribution < -0.4 is 0 Å². The molecule has 0 radical (unpaired) electrons. The second-order valence-corrected chi connectivity index (χ2v) is 5.91. The van der Waals surface area contributed by atoms with Gasteiger partial charge in [0.05, 0.1) is 6.04 Å². The van der Waals surface area contributed by atoms with Gasteiger partial charge in [-0.1, -0.05) is 25.0 Å². The topological polar surface area (TPSA) is 32.6 Å². The predicted molar refractivity (Wildman–Crippen MR) is 74.4 cm³/mol. The second kappa shape index (κ2) is 4.42. The van der Waals surface area contributed by atoms with Gasteiger partial charge in [0.15, 0.2) is 0 Å². The molecule has 0 amide bonds. The lowest BCUT2D eigenvalue weighted by Gasteiger charge is -2.41. The van der Waals surface area contributed by atoms with Gasteiger partial charge < -0.3 is 5.11 Å². The van der Waals surface area contributed by atoms with Crippen molar-refractivity contribution in [3.05, 3.63) is 29.3 Å². The number of benzene rings is 1. The zero-order chi connectivity index (χ0) is 12.6. The molecule has 2 fully saturated rings. The van der Waals surface area contributed by atoms with Gasteiger partial charge in [0.1, 0.15) is 5.75 Å². The highest BCUT2D eigenvalue weighted by molar-refractivity contribution is 5.84. The summed E-state index contributed by atoms with van der Waals surface area (Å²) in [7, 11) is 0. The van der Waals surface area contributed by atoms with Gasteiger partial charge in [0, 0.05) is 11.8 Å². The van der Waals surface area contributed by atoms with Crippen molar-refractivity contribution >= 4 is 6.21 Å². The molecule has 1 atom stereocenters. The van der Waals surface area contributed by atoms with E-state index in [0.29, 0.717) is 17.2 Å². The summed E-state index contributed by atoms with van der Waals surface area (Å²) in [4.78, 5) is 4.79. The van der Waals surface area contributed by atoms with Gasteiger partial charge >= 0.3 is 0 Å². The normalized spacial score (nSPS) is 25.7. The van der Waals surface area contributed by atoms with Gasteiger partial charge in [0.2, 0.25) is 0 Å². The molecule has 1 aromatic carbocycles. The van der Waals surface area contributed by atoms with Crippen molar-refractivity contribution in [3.63, 3.8) is 0 Å². The zero-order valence-corrected chi connectivity index (χ0v) is 11.0. The molecule has 2 aliphatic rings. The van der Waals surface area contributed by atoms with Gasteiger partial charge in [-0.25, -0.2) is 0 Å². The van der Waals surface area contributed by atoms with Crippen molar-refractivity contribution in [2.24, 2.45) is 10.4 Å². The van der Waals surface area contributed by atoms with E-state index in [2.05, 4.69) is 0 Å². The Morgan fingerprint density at radius 3 is 2.78 bits per heavy atom. The number of aromatic hydroxyl groups is 1. The summed E-state index contributed by atoms with van der Waals surface area (Å²) < 4.78 is 0. The quantitative estimate of drug-likeness (QED) is 0.786. The largest absolute Gasteiger partial charge is 0.507 e. The maximum atomic E-state index is 9.98. The number of aliphatic imine (C=N–C) groups is 1. The molecule has 0 saturated heterocycles. The van der Waals surface area contributed by atoms with Crippen LogP contribution in [-0.2, 0) is 0 Å². The fourth-order valence-electron chi connectivity index (χ4n) is 3.52. The number of hydrogen-bond donors (Lipinski definition) is 1. The molecule has 1 spiro atoms. The summed E-state index contributed by atoms with van der Waals surface area (Å²) in [6.45, 7) is 1.93. The van der Waals surface area contributed by atoms with Crippen LogP contribution in [0.3, 0.4) is 0 Å². The van der Waals surface area contributed by atoms with Crippen LogP contribution in [0.1, 0.15) is 49.7 Å². The molecule has 2 heteroatoms. The van der Waals surface area contributed by atoms with Crippen molar-refractivity contribution < 1.29 is 5.11 Å². The molecule has 0 aliphatic heterocycles. The Morgan fingerprint density at radius 1 is 1.28 bits per heavy atom. The SMILES string of the molecule is Cc1cccc(C=NC2CCCC23CCC3)c1O. The molecule has 2 saturated carbocycles. The summed E-state index contributed by atoms with van der Waals surface area (Å²) in [5.41, 5.74) is 2.30. The van der Waals surface area contributed by atoms with Crippen molar-refractivity contribution in [1.82, 2.24) is 0 Å². The molecule has 1 N–H and O–H groups in total. The van der Waals surface area contributed by atoms with Gasteiger partial charge in [-0.3, -0.25) is 4.99 Å². The lowest BCUT2D eigenvalue weighted by molar-refractivity contribution is 0.121. The number of phenolic OH excluding ortho intramolecular Hbond substituents is 1. The first-order chi connectivity index (χ1) is 8.71. The van der Waals surface area contributed by atoms with Crippen molar-refractivity contribution in [1.29, 1.82) is 0 Å². The van der Waals surface area contributed by atoms with Crippen molar-refractivity contribution in [3.8, 4) is 5.75 Å². The van der Waals surface area contributed by atoms with E-state index in [4.69, 9.17) is 4.99 Å². The molecule has 2 aliphatic carbocycles. The third-order valence-electron chi connectivity index (χ3n) is 4.87. The number of rotatable bonds is 2. The molecule has 1 unspecified atom stereocenters. The molecule has 1 aromatic rings. The van der Waals surface area contributed by atoms with Crippen LogP contribution in [0.5, 0.6) is 5.75 Å². The Morgan fingerprint density at radius 2 is 2.06 bits per heavy atom. The predicted octanol–water partition coefficient (Wildman–Crippen LogP) is 3.84. The van der Waals surface area contributed by atoms with E-state index in [1.54, 1.807) is 0 Å². The third kappa shape index (κ3) is 1.84. The number of para-hydroxylation sites is 1. The molecule has 3 rings (SSSR count). The third-order valence-corrected chi connectivity index (χ3v) is 4.87. The smallest absolute Gasteiger partial charge is 0.127 e. The van der Waals surface area contributed by atoms with Gasteiger partial charge in [0.25, 0.3) is 0 Å². The first kappa shape index (κ1) is 11.8. The van der Waals surface area contributed by atoms with Crippen LogP contribution in [0.2, 0.25) is 0 Å². The average Bonchev–Trinajstić information content (AvgIpc) is 2.74. The minimum Gasteiger partial charge on any atom is -0.507 e. The standard InChI is InChI=1S/C16H21NO/c1-12-5-2-6-13(15(12)18)11-17-14-7-3-8-16(14)9-4-10-16/h2,5-6,11,14,18H,3-4,7-10H2,1H3. The van der Waals surface area contributed by atoms with Gasteiger partial charge in [-0.05, 0) is 49.7 Å². The van der Waals surface area contributed by atoms with E-state index in [0.717, 1.165) is 11.1 Å². The average molecular weight is 243 g/mol. The molecule has 2 nitrogen and oxygen atoms in total. The second-order valence-electron chi connectivity index (χ2n) is 5.91. The van der Waals surface area contributed by atoms with Crippen LogP contribution in [0.4, 0.5) is 0 Å². The maximum Gasteiger partial charge on any atom is 0.127 e. The van der Waals surface area contributed by atoms with Crippen LogP contribution in [0.25, 0.3) is 0 Å². The van der Waals surface area contributed by atoms with E-state index in [9.17, 15) is 5.11 Å². The van der Waals surface area contributed by atoms with Gasteiger partial charge in [-0.15, -0.1) is 0 Å². The molecule has 18 heavy (non-hydrogen) atoms. The molecule has 0 aromatic heterocycles. The van der Waals surface area contributed by atoms with E-state index in [-0.39, 0.29) is 0 Å².